The molecule has 0 bridgehead atoms. The van der Waals surface area contributed by atoms with Crippen LogP contribution in [0.2, 0.25) is 0 Å². The molecule has 2 N–H and O–H groups in total. The van der Waals surface area contributed by atoms with E-state index >= 15 is 0 Å². The fraction of sp³-hybridized carbons (Fsp3) is 0.950. The summed E-state index contributed by atoms with van der Waals surface area (Å²) in [5.41, 5.74) is 3.36. The van der Waals surface area contributed by atoms with E-state index in [1.807, 2.05) is 0 Å². The molecule has 1 aliphatic rings. The summed E-state index contributed by atoms with van der Waals surface area (Å²) < 4.78 is 0. The first-order valence-corrected chi connectivity index (χ1v) is 10.7. The molecule has 0 aromatic carbocycles. The number of nitrogens with zero attached hydrogens (tertiary/aromatic N) is 2. The Hall–Kier alpha value is -0.650. The summed E-state index contributed by atoms with van der Waals surface area (Å²) in [6, 6.07) is 0. The number of rotatable bonds is 15. The fourth-order valence-corrected chi connectivity index (χ4v) is 3.22. The van der Waals surface area contributed by atoms with Crippen LogP contribution in [0.5, 0.6) is 0 Å². The molecule has 0 aromatic rings. The van der Waals surface area contributed by atoms with Gasteiger partial charge in [0.2, 0.25) is 5.91 Å². The van der Waals surface area contributed by atoms with E-state index in [1.54, 1.807) is 0 Å². The van der Waals surface area contributed by atoms with Crippen LogP contribution >= 0.6 is 0 Å². The summed E-state index contributed by atoms with van der Waals surface area (Å²) in [5.74, 6) is 0.178. The average molecular weight is 355 g/mol. The van der Waals surface area contributed by atoms with Crippen LogP contribution in [0.4, 0.5) is 0 Å². The maximum Gasteiger partial charge on any atom is 0.221 e. The van der Waals surface area contributed by atoms with E-state index in [0.717, 1.165) is 45.7 Å². The van der Waals surface area contributed by atoms with Gasteiger partial charge in [0.25, 0.3) is 0 Å². The molecule has 1 aliphatic heterocycles. The number of carbonyl (C=O) groups excluding carboxylic acids is 1. The largest absolute Gasteiger partial charge is 0.356 e. The van der Waals surface area contributed by atoms with Crippen LogP contribution in [0.3, 0.4) is 0 Å². The van der Waals surface area contributed by atoms with Gasteiger partial charge in [-0.1, -0.05) is 64.7 Å². The van der Waals surface area contributed by atoms with Crippen molar-refractivity contribution in [3.8, 4) is 0 Å². The number of hydrogen-bond donors (Lipinski definition) is 2. The predicted molar refractivity (Wildman–Crippen MR) is 107 cm³/mol. The smallest absolute Gasteiger partial charge is 0.221 e. The summed E-state index contributed by atoms with van der Waals surface area (Å²) in [4.78, 5) is 14.1. The van der Waals surface area contributed by atoms with Crippen LogP contribution in [0.25, 0.3) is 0 Å². The lowest BCUT2D eigenvalue weighted by molar-refractivity contribution is -0.121. The number of carbonyl (C=O) groups is 1. The molecule has 1 fully saturated rings. The fourth-order valence-electron chi connectivity index (χ4n) is 3.22. The van der Waals surface area contributed by atoms with Crippen LogP contribution in [-0.4, -0.2) is 62.1 Å². The highest BCUT2D eigenvalue weighted by molar-refractivity contribution is 5.75. The molecule has 0 spiro atoms. The lowest BCUT2D eigenvalue weighted by atomic mass is 10.1. The second-order valence-corrected chi connectivity index (χ2v) is 7.48. The Morgan fingerprint density at radius 3 is 1.96 bits per heavy atom. The second-order valence-electron chi connectivity index (χ2n) is 7.48. The van der Waals surface area contributed by atoms with Crippen LogP contribution < -0.4 is 10.7 Å². The number of likely N-dealkylation sites (N-methyl/N-ethyl adjacent to an activating group) is 1. The number of hydrogen-bond acceptors (Lipinski definition) is 4. The van der Waals surface area contributed by atoms with Crippen molar-refractivity contribution in [2.24, 2.45) is 0 Å². The van der Waals surface area contributed by atoms with E-state index in [1.165, 1.54) is 57.8 Å². The minimum absolute atomic E-state index is 0.178. The van der Waals surface area contributed by atoms with Gasteiger partial charge in [0.05, 0.1) is 0 Å². The zero-order chi connectivity index (χ0) is 18.2. The Balaban J connectivity index is 1.80. The lowest BCUT2D eigenvalue weighted by Gasteiger charge is -2.32. The van der Waals surface area contributed by atoms with Crippen molar-refractivity contribution in [3.63, 3.8) is 0 Å². The van der Waals surface area contributed by atoms with Crippen molar-refractivity contribution in [2.45, 2.75) is 77.6 Å². The first-order chi connectivity index (χ1) is 12.2. The highest BCUT2D eigenvalue weighted by atomic mass is 16.1. The van der Waals surface area contributed by atoms with E-state index in [2.05, 4.69) is 34.6 Å². The van der Waals surface area contributed by atoms with Crippen LogP contribution in [0.15, 0.2) is 0 Å². The highest BCUT2D eigenvalue weighted by Gasteiger charge is 2.13. The second kappa shape index (κ2) is 15.6. The zero-order valence-corrected chi connectivity index (χ0v) is 16.8. The van der Waals surface area contributed by atoms with Crippen LogP contribution in [-0.2, 0) is 4.79 Å². The molecule has 5 heteroatoms. The third-order valence-corrected chi connectivity index (χ3v) is 5.04. The molecular weight excluding hydrogens is 312 g/mol. The molecule has 0 aromatic heterocycles. The SMILES string of the molecule is CCCCCCCCCCCCNC(=O)CCNN1CCN(C)CC1. The molecule has 5 nitrogen and oxygen atoms in total. The van der Waals surface area contributed by atoms with E-state index in [-0.39, 0.29) is 5.91 Å². The topological polar surface area (TPSA) is 47.6 Å². The molecule has 1 saturated heterocycles. The molecule has 0 radical (unpaired) electrons. The molecule has 25 heavy (non-hydrogen) atoms. The predicted octanol–water partition coefficient (Wildman–Crippen LogP) is 3.17. The molecule has 0 aliphatic carbocycles. The van der Waals surface area contributed by atoms with Gasteiger partial charge in [0, 0.05) is 45.7 Å². The van der Waals surface area contributed by atoms with Crippen LogP contribution in [0.1, 0.15) is 77.6 Å². The monoisotopic (exact) mass is 354 g/mol. The normalized spacial score (nSPS) is 16.2. The number of amides is 1. The Morgan fingerprint density at radius 2 is 1.36 bits per heavy atom. The molecule has 0 saturated carbocycles. The maximum absolute atomic E-state index is 11.8. The first-order valence-electron chi connectivity index (χ1n) is 10.7. The number of piperazine rings is 1. The third kappa shape index (κ3) is 13.2. The van der Waals surface area contributed by atoms with Crippen molar-refractivity contribution in [3.05, 3.63) is 0 Å². The van der Waals surface area contributed by atoms with Gasteiger partial charge in [0.15, 0.2) is 0 Å². The molecule has 0 atom stereocenters. The summed E-state index contributed by atoms with van der Waals surface area (Å²) in [6.07, 6.45) is 13.9. The maximum atomic E-state index is 11.8. The molecular formula is C20H42N4O. The first kappa shape index (κ1) is 22.4. The Morgan fingerprint density at radius 1 is 0.800 bits per heavy atom. The molecule has 1 amide bonds. The van der Waals surface area contributed by atoms with Gasteiger partial charge in [-0.2, -0.15) is 0 Å². The van der Waals surface area contributed by atoms with E-state index in [4.69, 9.17) is 0 Å². The molecule has 1 heterocycles. The van der Waals surface area contributed by atoms with E-state index in [0.29, 0.717) is 6.42 Å². The van der Waals surface area contributed by atoms with Gasteiger partial charge in [-0.05, 0) is 13.5 Å². The lowest BCUT2D eigenvalue weighted by Crippen LogP contribution is -2.51. The number of unbranched alkanes of at least 4 members (excludes halogenated alkanes) is 9. The van der Waals surface area contributed by atoms with Crippen molar-refractivity contribution >= 4 is 5.91 Å². The summed E-state index contributed by atoms with van der Waals surface area (Å²) in [6.45, 7) is 8.11. The third-order valence-electron chi connectivity index (χ3n) is 5.04. The minimum Gasteiger partial charge on any atom is -0.356 e. The quantitative estimate of drug-likeness (QED) is 0.444. The minimum atomic E-state index is 0.178. The summed E-state index contributed by atoms with van der Waals surface area (Å²) >= 11 is 0. The van der Waals surface area contributed by atoms with Gasteiger partial charge < -0.3 is 10.2 Å². The van der Waals surface area contributed by atoms with Gasteiger partial charge in [-0.3, -0.25) is 10.2 Å². The van der Waals surface area contributed by atoms with Gasteiger partial charge in [-0.15, -0.1) is 0 Å². The Labute approximate surface area is 155 Å². The van der Waals surface area contributed by atoms with E-state index in [9.17, 15) is 4.79 Å². The van der Waals surface area contributed by atoms with Crippen molar-refractivity contribution in [1.29, 1.82) is 0 Å². The zero-order valence-electron chi connectivity index (χ0n) is 16.8. The summed E-state index contributed by atoms with van der Waals surface area (Å²) in [5, 5.41) is 5.28. The highest BCUT2D eigenvalue weighted by Crippen LogP contribution is 2.10. The number of hydrazine groups is 1. The standard InChI is InChI=1S/C20H42N4O/c1-3-4-5-6-7-8-9-10-11-12-14-21-20(25)13-15-22-24-18-16-23(2)17-19-24/h22H,3-19H2,1-2H3,(H,21,25). The Bertz CT molecular complexity index is 317. The number of nitrogens with one attached hydrogen (secondary N) is 2. The Kier molecular flexibility index (Phi) is 14.0. The molecule has 148 valence electrons. The average Bonchev–Trinajstić information content (AvgIpc) is 2.61. The summed E-state index contributed by atoms with van der Waals surface area (Å²) in [7, 11) is 2.15. The van der Waals surface area contributed by atoms with E-state index < -0.39 is 0 Å². The van der Waals surface area contributed by atoms with Crippen LogP contribution in [0, 0.1) is 0 Å². The van der Waals surface area contributed by atoms with Crippen molar-refractivity contribution in [1.82, 2.24) is 20.7 Å². The van der Waals surface area contributed by atoms with Gasteiger partial charge in [0.1, 0.15) is 0 Å². The van der Waals surface area contributed by atoms with Gasteiger partial charge in [-0.25, -0.2) is 5.01 Å². The van der Waals surface area contributed by atoms with Gasteiger partial charge >= 0.3 is 0 Å². The molecule has 0 unspecified atom stereocenters. The van der Waals surface area contributed by atoms with Crippen molar-refractivity contribution in [2.75, 3.05) is 46.3 Å². The molecule has 1 rings (SSSR count). The van der Waals surface area contributed by atoms with Crippen molar-refractivity contribution < 1.29 is 4.79 Å².